The average Bonchev–Trinajstić information content (AvgIpc) is 3.19. The van der Waals surface area contributed by atoms with Gasteiger partial charge in [0.05, 0.1) is 5.69 Å². The minimum atomic E-state index is -0.324. The number of rotatable bonds is 5. The summed E-state index contributed by atoms with van der Waals surface area (Å²) in [5, 5.41) is 7.37. The highest BCUT2D eigenvalue weighted by Gasteiger charge is 2.32. The Morgan fingerprint density at radius 2 is 1.93 bits per heavy atom. The lowest BCUT2D eigenvalue weighted by atomic mass is 9.85. The molecule has 0 spiro atoms. The van der Waals surface area contributed by atoms with Gasteiger partial charge in [0, 0.05) is 30.0 Å². The van der Waals surface area contributed by atoms with Gasteiger partial charge in [-0.05, 0) is 36.2 Å². The first-order valence-corrected chi connectivity index (χ1v) is 9.87. The van der Waals surface area contributed by atoms with Crippen LogP contribution in [0.2, 0.25) is 0 Å². The first kappa shape index (κ1) is 19.8. The fraction of sp³-hybridized carbons (Fsp3) is 0.261. The van der Waals surface area contributed by atoms with Gasteiger partial charge in [0.1, 0.15) is 12.4 Å². The van der Waals surface area contributed by atoms with Crippen molar-refractivity contribution in [2.75, 3.05) is 6.54 Å². The number of nitrogens with one attached hydrogen (secondary N) is 1. The molecular weight excluding hydrogens is 385 g/mol. The van der Waals surface area contributed by atoms with Crippen molar-refractivity contribution in [3.63, 3.8) is 0 Å². The van der Waals surface area contributed by atoms with E-state index < -0.39 is 0 Å². The molecule has 0 bridgehead atoms. The Morgan fingerprint density at radius 3 is 2.67 bits per heavy atom. The molecule has 1 aliphatic rings. The second-order valence-electron chi connectivity index (χ2n) is 7.38. The zero-order chi connectivity index (χ0) is 21.1. The molecule has 2 unspecified atom stereocenters. The molecule has 1 aromatic heterocycles. The van der Waals surface area contributed by atoms with Crippen LogP contribution in [-0.2, 0) is 11.4 Å². The van der Waals surface area contributed by atoms with Crippen molar-refractivity contribution in [3.8, 4) is 5.88 Å². The minimum absolute atomic E-state index is 0.0241. The van der Waals surface area contributed by atoms with E-state index in [-0.39, 0.29) is 36.1 Å². The maximum Gasteiger partial charge on any atom is 0.281 e. The Kier molecular flexibility index (Phi) is 5.61. The Hall–Kier alpha value is -3.48. The lowest BCUT2D eigenvalue weighted by Gasteiger charge is -2.26. The quantitative estimate of drug-likeness (QED) is 0.702. The Bertz CT molecular complexity index is 1050. The Labute approximate surface area is 173 Å². The SMILES string of the molecule is CC1C(=O)NCCC1c1cc(OCc2ccc(F)cc2)n(C(=O)c2ccccc2)n1. The maximum absolute atomic E-state index is 13.2. The van der Waals surface area contributed by atoms with E-state index in [0.717, 1.165) is 12.0 Å². The van der Waals surface area contributed by atoms with Crippen LogP contribution in [0.1, 0.15) is 40.9 Å². The number of hydrogen-bond acceptors (Lipinski definition) is 4. The first-order valence-electron chi connectivity index (χ1n) is 9.87. The third kappa shape index (κ3) is 4.10. The van der Waals surface area contributed by atoms with E-state index in [0.29, 0.717) is 23.7 Å². The summed E-state index contributed by atoms with van der Waals surface area (Å²) in [7, 11) is 0. The minimum Gasteiger partial charge on any atom is -0.473 e. The fourth-order valence-corrected chi connectivity index (χ4v) is 3.60. The van der Waals surface area contributed by atoms with E-state index in [4.69, 9.17) is 4.74 Å². The molecule has 1 N–H and O–H groups in total. The van der Waals surface area contributed by atoms with Gasteiger partial charge in [-0.3, -0.25) is 9.59 Å². The van der Waals surface area contributed by atoms with Crippen LogP contribution in [0.15, 0.2) is 60.7 Å². The van der Waals surface area contributed by atoms with E-state index >= 15 is 0 Å². The van der Waals surface area contributed by atoms with Gasteiger partial charge in [-0.1, -0.05) is 37.3 Å². The molecule has 6 nitrogen and oxygen atoms in total. The van der Waals surface area contributed by atoms with Gasteiger partial charge >= 0.3 is 0 Å². The number of hydrogen-bond donors (Lipinski definition) is 1. The number of halogens is 1. The van der Waals surface area contributed by atoms with Crippen molar-refractivity contribution in [2.45, 2.75) is 25.9 Å². The van der Waals surface area contributed by atoms with E-state index in [9.17, 15) is 14.0 Å². The molecule has 1 fully saturated rings. The molecule has 0 aliphatic carbocycles. The van der Waals surface area contributed by atoms with Gasteiger partial charge in [-0.25, -0.2) is 4.39 Å². The molecule has 0 radical (unpaired) electrons. The smallest absolute Gasteiger partial charge is 0.281 e. The van der Waals surface area contributed by atoms with Crippen LogP contribution >= 0.6 is 0 Å². The zero-order valence-corrected chi connectivity index (χ0v) is 16.5. The summed E-state index contributed by atoms with van der Waals surface area (Å²) in [5.74, 6) is -0.722. The van der Waals surface area contributed by atoms with Crippen molar-refractivity contribution in [3.05, 3.63) is 83.3 Å². The molecule has 2 aromatic carbocycles. The van der Waals surface area contributed by atoms with Crippen LogP contribution in [-0.4, -0.2) is 28.1 Å². The number of aromatic nitrogens is 2. The highest BCUT2D eigenvalue weighted by molar-refractivity contribution is 5.96. The predicted octanol–water partition coefficient (Wildman–Crippen LogP) is 3.53. The van der Waals surface area contributed by atoms with Crippen LogP contribution in [0, 0.1) is 11.7 Å². The highest BCUT2D eigenvalue weighted by atomic mass is 19.1. The van der Waals surface area contributed by atoms with E-state index in [1.54, 1.807) is 42.5 Å². The topological polar surface area (TPSA) is 73.2 Å². The third-order valence-electron chi connectivity index (χ3n) is 5.36. The van der Waals surface area contributed by atoms with Crippen LogP contribution in [0.3, 0.4) is 0 Å². The number of nitrogens with zero attached hydrogens (tertiary/aromatic N) is 2. The van der Waals surface area contributed by atoms with Crippen molar-refractivity contribution < 1.29 is 18.7 Å². The highest BCUT2D eigenvalue weighted by Crippen LogP contribution is 2.32. The van der Waals surface area contributed by atoms with Gasteiger partial charge in [0.25, 0.3) is 5.91 Å². The summed E-state index contributed by atoms with van der Waals surface area (Å²) in [6.07, 6.45) is 0.737. The zero-order valence-electron chi connectivity index (χ0n) is 16.5. The van der Waals surface area contributed by atoms with Crippen LogP contribution in [0.25, 0.3) is 0 Å². The molecule has 2 heterocycles. The van der Waals surface area contributed by atoms with Crippen molar-refractivity contribution >= 4 is 11.8 Å². The van der Waals surface area contributed by atoms with E-state index in [1.807, 2.05) is 13.0 Å². The Morgan fingerprint density at radius 1 is 1.20 bits per heavy atom. The second kappa shape index (κ2) is 8.49. The van der Waals surface area contributed by atoms with Gasteiger partial charge < -0.3 is 10.1 Å². The predicted molar refractivity (Wildman–Crippen MR) is 109 cm³/mol. The standard InChI is InChI=1S/C23H22FN3O3/c1-15-19(11-12-25-22(15)28)20-13-21(30-14-16-7-9-18(24)10-8-16)27(26-20)23(29)17-5-3-2-4-6-17/h2-10,13,15,19H,11-12,14H2,1H3,(H,25,28). The average molecular weight is 407 g/mol. The van der Waals surface area contributed by atoms with Crippen molar-refractivity contribution in [2.24, 2.45) is 5.92 Å². The molecule has 154 valence electrons. The van der Waals surface area contributed by atoms with E-state index in [1.165, 1.54) is 16.8 Å². The lowest BCUT2D eigenvalue weighted by Crippen LogP contribution is -2.39. The summed E-state index contributed by atoms with van der Waals surface area (Å²) >= 11 is 0. The fourth-order valence-electron chi connectivity index (χ4n) is 3.60. The summed E-state index contributed by atoms with van der Waals surface area (Å²) < 4.78 is 20.3. The first-order chi connectivity index (χ1) is 14.5. The summed E-state index contributed by atoms with van der Waals surface area (Å²) in [6, 6.07) is 16.5. The molecule has 0 saturated carbocycles. The monoisotopic (exact) mass is 407 g/mol. The summed E-state index contributed by atoms with van der Waals surface area (Å²) in [5.41, 5.74) is 1.90. The van der Waals surface area contributed by atoms with Crippen LogP contribution < -0.4 is 10.1 Å². The van der Waals surface area contributed by atoms with Gasteiger partial charge in [-0.2, -0.15) is 9.78 Å². The van der Waals surface area contributed by atoms with Gasteiger partial charge in [-0.15, -0.1) is 0 Å². The maximum atomic E-state index is 13.2. The lowest BCUT2D eigenvalue weighted by molar-refractivity contribution is -0.126. The Balaban J connectivity index is 1.65. The normalized spacial score (nSPS) is 18.7. The van der Waals surface area contributed by atoms with Crippen molar-refractivity contribution in [1.82, 2.24) is 15.1 Å². The molecule has 7 heteroatoms. The number of benzene rings is 2. The summed E-state index contributed by atoms with van der Waals surface area (Å²) in [4.78, 5) is 25.1. The number of piperidine rings is 1. The second-order valence-corrected chi connectivity index (χ2v) is 7.38. The molecule has 3 aromatic rings. The molecule has 1 amide bonds. The molecule has 1 saturated heterocycles. The number of ether oxygens (including phenoxy) is 1. The van der Waals surface area contributed by atoms with Crippen LogP contribution in [0.4, 0.5) is 4.39 Å². The molecular formula is C23H22FN3O3. The molecule has 1 aliphatic heterocycles. The van der Waals surface area contributed by atoms with Gasteiger partial charge in [0.15, 0.2) is 0 Å². The van der Waals surface area contributed by atoms with E-state index in [2.05, 4.69) is 10.4 Å². The van der Waals surface area contributed by atoms with Gasteiger partial charge in [0.2, 0.25) is 11.8 Å². The largest absolute Gasteiger partial charge is 0.473 e. The van der Waals surface area contributed by atoms with Crippen molar-refractivity contribution in [1.29, 1.82) is 0 Å². The molecule has 2 atom stereocenters. The summed E-state index contributed by atoms with van der Waals surface area (Å²) in [6.45, 7) is 2.59. The number of carbonyl (C=O) groups excluding carboxylic acids is 2. The molecule has 30 heavy (non-hydrogen) atoms. The number of carbonyl (C=O) groups is 2. The van der Waals surface area contributed by atoms with Crippen LogP contribution in [0.5, 0.6) is 5.88 Å². The third-order valence-corrected chi connectivity index (χ3v) is 5.36. The number of amides is 1. The molecule has 4 rings (SSSR count).